The molecule has 6 aliphatic rings. The van der Waals surface area contributed by atoms with E-state index in [1.807, 2.05) is 0 Å². The first kappa shape index (κ1) is 102. The van der Waals surface area contributed by atoms with Gasteiger partial charge in [-0.1, -0.05) is 6.42 Å². The van der Waals surface area contributed by atoms with Crippen LogP contribution in [0.15, 0.2) is 0 Å². The van der Waals surface area contributed by atoms with Crippen molar-refractivity contribution in [1.82, 2.24) is 14.2 Å². The van der Waals surface area contributed by atoms with E-state index in [9.17, 15) is 186 Å². The molecule has 0 saturated carbocycles. The second-order valence-corrected chi connectivity index (χ2v) is 37.0. The van der Waals surface area contributed by atoms with Crippen molar-refractivity contribution in [1.29, 1.82) is 0 Å². The Hall–Kier alpha value is -3.61. The number of ether oxygens (including phenoxy) is 12. The zero-order chi connectivity index (χ0) is 89.0. The van der Waals surface area contributed by atoms with E-state index in [0.717, 1.165) is 4.72 Å². The third-order valence-corrected chi connectivity index (χ3v) is 22.5. The Labute approximate surface area is 657 Å². The maximum absolute atomic E-state index is 13.3. The van der Waals surface area contributed by atoms with E-state index in [1.165, 1.54) is 9.44 Å². The first-order chi connectivity index (χ1) is 53.2. The smallest absolute Gasteiger partial charge is 0.397 e. The van der Waals surface area contributed by atoms with Crippen LogP contribution in [0.5, 0.6) is 0 Å². The molecular weight excluding hydrogens is 1850 g/mol. The van der Waals surface area contributed by atoms with Crippen LogP contribution in [-0.2, 0) is 199 Å². The number of carboxylic acids is 3. The summed E-state index contributed by atoms with van der Waals surface area (Å²) in [6, 6.07) is -8.93. The van der Waals surface area contributed by atoms with Gasteiger partial charge in [0.25, 0.3) is 0 Å². The highest BCUT2D eigenvalue weighted by molar-refractivity contribution is 7.91. The van der Waals surface area contributed by atoms with Crippen molar-refractivity contribution in [2.24, 2.45) is 5.73 Å². The number of aliphatic hydroxyl groups excluding tert-OH is 7. The SMILES string of the molecule is NCCS(=O)(=O)CCCCCO[C@@H]1O[C@@H](C(=O)O)[C@@H](O[C@H]2O[C@H](COS(=O)(=O)O)[C@@H](O[C@@H]3O[C@@H](C(=O)O)[C@@H](O[C@H]4O[C@H](COS(=O)(=O)O)[C@@H](O[C@@H]5O[C@@H](C(=O)O)[C@@H](O[C@H]6O[C@H](COS(=O)(=O)O)[C@@H](O)[C@H](O)[C@H]6NS(=O)(=O)O)[C@H](O)[C@H]5OS(=O)(=O)O)[C@H](O)[C@H]4NS(=O)(=O)O)[C@H](O)[C@H]3OS(=O)(=O)O)[C@H](O)[C@H]2NS(=O)(=O)O)[C@H](O)[C@H]1OS(=O)(=O)O. The molecule has 6 heterocycles. The van der Waals surface area contributed by atoms with E-state index in [2.05, 4.69) is 25.1 Å². The molecule has 0 aromatic rings. The summed E-state index contributed by atoms with van der Waals surface area (Å²) < 4.78 is 426. The summed E-state index contributed by atoms with van der Waals surface area (Å²) in [5.74, 6) is -8.22. The molecule has 6 fully saturated rings. The van der Waals surface area contributed by atoms with Gasteiger partial charge < -0.3 is 114 Å². The molecule has 6 rings (SSSR count). The van der Waals surface area contributed by atoms with E-state index in [1.54, 1.807) is 0 Å². The van der Waals surface area contributed by atoms with Gasteiger partial charge in [-0.05, 0) is 12.8 Å². The Balaban J connectivity index is 1.38. The highest BCUT2D eigenvalue weighted by Gasteiger charge is 2.63. The number of nitrogens with two attached hydrogens (primary N) is 1. The van der Waals surface area contributed by atoms with Crippen molar-refractivity contribution in [2.75, 3.05) is 44.5 Å². The highest BCUT2D eigenvalue weighted by Crippen LogP contribution is 2.40. The van der Waals surface area contributed by atoms with Crippen molar-refractivity contribution in [3.8, 4) is 0 Å². The molecule has 0 aromatic carbocycles. The fraction of sp³-hybridized carbons (Fsp3) is 0.930. The number of carbonyl (C=O) groups is 3. The van der Waals surface area contributed by atoms with Crippen molar-refractivity contribution in [3.63, 3.8) is 0 Å². The molecule has 0 radical (unpaired) electrons. The summed E-state index contributed by atoms with van der Waals surface area (Å²) >= 11 is 0. The fourth-order valence-corrected chi connectivity index (χ4v) is 17.0. The lowest BCUT2D eigenvalue weighted by molar-refractivity contribution is -0.375. The minimum absolute atomic E-state index is 0.00356. The predicted molar refractivity (Wildman–Crippen MR) is 346 cm³/mol. The van der Waals surface area contributed by atoms with Gasteiger partial charge in [0.15, 0.2) is 84.2 Å². The Bertz CT molecular complexity index is 4620. The van der Waals surface area contributed by atoms with E-state index < -0.39 is 343 Å². The van der Waals surface area contributed by atoms with Crippen LogP contribution in [0.25, 0.3) is 0 Å². The third kappa shape index (κ3) is 30.9. The zero-order valence-electron chi connectivity index (χ0n) is 57.3. The molecule has 117 heavy (non-hydrogen) atoms. The van der Waals surface area contributed by atoms with Crippen LogP contribution < -0.4 is 19.9 Å². The van der Waals surface area contributed by atoms with Gasteiger partial charge in [0.05, 0.1) is 31.3 Å². The fourth-order valence-electron chi connectivity index (χ4n) is 11.7. The standard InChI is InChI=1S/C43H74N4O60S10/c44-4-7-108(61,62)6-3-1-2-5-90-41-29(105-115(81,82)83)21(52)26(32(102-41)35(55)56)100-39-15(46-110(66,67)68)19(50)24(12(95-39)9-92-113(75,76)77)98-43-31(107-117(87,88)89)23(54)28(34(104-43)37(59)60)101-40-16(47-111(69,70)71)20(51)25(13(96-40)10-93-114(78,79)80)97-42-30(106-116(84,85)86)22(53)27(33(103-42)36(57)58)99-38-14(45-109(63,64)65)18(49)17(48)11(94-38)8-91-112(72,73)74/h11-34,38-43,45-54H,1-10,44H2,(H,55,56)(H,57,58)(H,59,60)(H,63,64,65)(H,66,67,68)(H,69,70,71)(H,72,73,74)(H,75,76,77)(H,78,79,80)(H,81,82,83)(H,84,85,86)(H,87,88,89)/t11-,12-,13-,14-,15-,16-,17-,18-,19-,20-,21+,22+,23+,24-,25-,26+,27+,28+,29-,30-,31-,32-,33-,34-,38-,39-,40-,41-,42-,43-/m1/s1. The topological polar surface area (TPSA) is 1010 Å². The van der Waals surface area contributed by atoms with Crippen molar-refractivity contribution >= 4 is 121 Å². The number of carboxylic acid groups (broad SMARTS) is 3. The monoisotopic (exact) mass is 1930 g/mol. The summed E-state index contributed by atoms with van der Waals surface area (Å²) in [6.45, 7) is -6.45. The van der Waals surface area contributed by atoms with Gasteiger partial charge in [-0.15, -0.1) is 0 Å². The van der Waals surface area contributed by atoms with E-state index >= 15 is 0 Å². The van der Waals surface area contributed by atoms with Crippen LogP contribution >= 0.6 is 0 Å². The molecule has 30 atom stereocenters. The van der Waals surface area contributed by atoms with Gasteiger partial charge in [0.2, 0.25) is 0 Å². The number of hydrogen-bond acceptors (Lipinski definition) is 49. The number of aliphatic hydroxyl groups is 7. The largest absolute Gasteiger partial charge is 0.479 e. The second-order valence-electron chi connectivity index (χ2n) is 24.7. The van der Waals surface area contributed by atoms with Gasteiger partial charge >= 0.3 is 111 Å². The molecule has 24 N–H and O–H groups in total. The van der Waals surface area contributed by atoms with Crippen LogP contribution in [0.3, 0.4) is 0 Å². The molecule has 74 heteroatoms. The van der Waals surface area contributed by atoms with E-state index in [-0.39, 0.29) is 25.8 Å². The van der Waals surface area contributed by atoms with Gasteiger partial charge in [-0.3, -0.25) is 41.0 Å². The second kappa shape index (κ2) is 40.1. The number of unbranched alkanes of at least 4 members (excludes halogenated alkanes) is 2. The Morgan fingerprint density at radius 1 is 0.316 bits per heavy atom. The zero-order valence-corrected chi connectivity index (χ0v) is 65.5. The Kier molecular flexibility index (Phi) is 35.1. The van der Waals surface area contributed by atoms with Crippen LogP contribution in [0.4, 0.5) is 0 Å². The van der Waals surface area contributed by atoms with Crippen LogP contribution in [0, 0.1) is 0 Å². The van der Waals surface area contributed by atoms with Gasteiger partial charge in [0, 0.05) is 13.2 Å². The van der Waals surface area contributed by atoms with Crippen LogP contribution in [0.1, 0.15) is 19.3 Å². The molecule has 686 valence electrons. The number of rotatable bonds is 43. The minimum Gasteiger partial charge on any atom is -0.479 e. The molecule has 64 nitrogen and oxygen atoms in total. The normalized spacial score (nSPS) is 36.9. The summed E-state index contributed by atoms with van der Waals surface area (Å²) in [5.41, 5.74) is 5.27. The lowest BCUT2D eigenvalue weighted by Gasteiger charge is -2.50. The summed E-state index contributed by atoms with van der Waals surface area (Å²) in [4.78, 5) is 39.1. The molecule has 0 aromatic heterocycles. The van der Waals surface area contributed by atoms with Gasteiger partial charge in [-0.25, -0.2) is 47.9 Å². The van der Waals surface area contributed by atoms with Crippen molar-refractivity contribution in [2.45, 2.75) is 203 Å². The molecule has 0 spiro atoms. The van der Waals surface area contributed by atoms with Crippen LogP contribution in [-0.4, -0.2) is 423 Å². The number of sulfone groups is 1. The average molecular weight is 1930 g/mol. The third-order valence-electron chi connectivity index (χ3n) is 16.3. The first-order valence-electron chi connectivity index (χ1n) is 31.4. The molecule has 0 unspecified atom stereocenters. The lowest BCUT2D eigenvalue weighted by atomic mass is 9.94. The maximum atomic E-state index is 13.3. The summed E-state index contributed by atoms with van der Waals surface area (Å²) in [5, 5.41) is 112. The highest BCUT2D eigenvalue weighted by atomic mass is 32.3. The number of hydrogen-bond donors (Lipinski definition) is 23. The molecule has 6 saturated heterocycles. The average Bonchev–Trinajstić information content (AvgIpc) is 0.759. The first-order valence-corrected chi connectivity index (χ1v) is 45.7. The predicted octanol–water partition coefficient (Wildman–Crippen LogP) is -16.1. The lowest BCUT2D eigenvalue weighted by Crippen LogP contribution is -2.71. The van der Waals surface area contributed by atoms with Crippen molar-refractivity contribution < 1.29 is 273 Å². The molecule has 0 bridgehead atoms. The summed E-state index contributed by atoms with van der Waals surface area (Å²) in [7, 11) is -57.4. The number of nitrogens with one attached hydrogen (secondary N) is 3. The quantitative estimate of drug-likeness (QED) is 0.0199. The molecule has 6 aliphatic heterocycles. The van der Waals surface area contributed by atoms with E-state index in [0.29, 0.717) is 0 Å². The van der Waals surface area contributed by atoms with Crippen LogP contribution in [0.2, 0.25) is 0 Å². The van der Waals surface area contributed by atoms with Crippen molar-refractivity contribution in [3.05, 3.63) is 0 Å². The molecule has 0 aliphatic carbocycles. The number of aliphatic carboxylic acids is 3. The van der Waals surface area contributed by atoms with E-state index in [4.69, 9.17) is 67.1 Å². The van der Waals surface area contributed by atoms with Gasteiger partial charge in [0.1, 0.15) is 110 Å². The summed E-state index contributed by atoms with van der Waals surface area (Å²) in [6.07, 6.45) is -82.5. The Morgan fingerprint density at radius 3 is 0.906 bits per heavy atom. The minimum atomic E-state index is -6.37. The maximum Gasteiger partial charge on any atom is 0.397 e. The van der Waals surface area contributed by atoms with Gasteiger partial charge in [-0.2, -0.15) is 89.9 Å². The Morgan fingerprint density at radius 2 is 0.607 bits per heavy atom. The molecular formula is C43H74N4O60S10. The molecule has 0 amide bonds.